The van der Waals surface area contributed by atoms with Crippen LogP contribution in [0.2, 0.25) is 0 Å². The molecule has 1 aliphatic heterocycles. The van der Waals surface area contributed by atoms with E-state index in [9.17, 15) is 14.9 Å². The number of nitro groups is 1. The van der Waals surface area contributed by atoms with E-state index in [0.29, 0.717) is 12.1 Å². The number of likely N-dealkylation sites (N-methyl/N-ethyl adjacent to an activating group) is 1. The Morgan fingerprint density at radius 2 is 2.33 bits per heavy atom. The van der Waals surface area contributed by atoms with Gasteiger partial charge in [-0.25, -0.2) is 0 Å². The molecule has 0 bridgehead atoms. The molecule has 1 amide bonds. The van der Waals surface area contributed by atoms with Gasteiger partial charge < -0.3 is 10.2 Å². The lowest BCUT2D eigenvalue weighted by atomic mass is 10.0. The lowest BCUT2D eigenvalue weighted by Gasteiger charge is -2.34. The number of carbonyl (C=O) groups excluding carboxylic acids is 1. The highest BCUT2D eigenvalue weighted by molar-refractivity contribution is 5.79. The summed E-state index contributed by atoms with van der Waals surface area (Å²) in [6.07, 6.45) is 2.30. The Hall–Kier alpha value is -1.95. The van der Waals surface area contributed by atoms with Gasteiger partial charge in [-0.3, -0.25) is 14.9 Å². The number of nitrogens with one attached hydrogen (secondary N) is 1. The SMILES string of the molecule is CCN(C(=O)Cc1cccc([N+](=O)[O-])c1)C1CCCNC1. The van der Waals surface area contributed by atoms with Crippen LogP contribution in [0.5, 0.6) is 0 Å². The Balaban J connectivity index is 2.04. The molecule has 0 spiro atoms. The van der Waals surface area contributed by atoms with Crippen LogP contribution in [-0.2, 0) is 11.2 Å². The van der Waals surface area contributed by atoms with E-state index >= 15 is 0 Å². The monoisotopic (exact) mass is 291 g/mol. The lowest BCUT2D eigenvalue weighted by molar-refractivity contribution is -0.384. The van der Waals surface area contributed by atoms with Gasteiger partial charge in [-0.05, 0) is 31.9 Å². The number of rotatable bonds is 5. The lowest BCUT2D eigenvalue weighted by Crippen LogP contribution is -2.49. The fraction of sp³-hybridized carbons (Fsp3) is 0.533. The fourth-order valence-corrected chi connectivity index (χ4v) is 2.79. The minimum Gasteiger partial charge on any atom is -0.338 e. The highest BCUT2D eigenvalue weighted by Gasteiger charge is 2.24. The molecule has 1 atom stereocenters. The van der Waals surface area contributed by atoms with Crippen molar-refractivity contribution in [2.75, 3.05) is 19.6 Å². The molecule has 0 aliphatic carbocycles. The quantitative estimate of drug-likeness (QED) is 0.662. The molecular formula is C15H21N3O3. The molecule has 1 aromatic carbocycles. The third-order valence-corrected chi connectivity index (χ3v) is 3.85. The predicted octanol–water partition coefficient (Wildman–Crippen LogP) is 1.74. The summed E-state index contributed by atoms with van der Waals surface area (Å²) in [7, 11) is 0. The molecule has 1 aliphatic rings. The highest BCUT2D eigenvalue weighted by Crippen LogP contribution is 2.16. The van der Waals surface area contributed by atoms with Crippen LogP contribution >= 0.6 is 0 Å². The second-order valence-electron chi connectivity index (χ2n) is 5.28. The first-order chi connectivity index (χ1) is 10.1. The van der Waals surface area contributed by atoms with Crippen LogP contribution in [0.25, 0.3) is 0 Å². The van der Waals surface area contributed by atoms with Crippen molar-refractivity contribution in [1.82, 2.24) is 10.2 Å². The predicted molar refractivity (Wildman–Crippen MR) is 80.1 cm³/mol. The first-order valence-corrected chi connectivity index (χ1v) is 7.35. The summed E-state index contributed by atoms with van der Waals surface area (Å²) >= 11 is 0. The molecule has 1 N–H and O–H groups in total. The summed E-state index contributed by atoms with van der Waals surface area (Å²) < 4.78 is 0. The van der Waals surface area contributed by atoms with Gasteiger partial charge in [-0.1, -0.05) is 12.1 Å². The maximum atomic E-state index is 12.5. The zero-order chi connectivity index (χ0) is 15.2. The summed E-state index contributed by atoms with van der Waals surface area (Å²) in [6.45, 7) is 4.47. The van der Waals surface area contributed by atoms with Crippen LogP contribution in [0.3, 0.4) is 0 Å². The van der Waals surface area contributed by atoms with E-state index in [-0.39, 0.29) is 24.1 Å². The van der Waals surface area contributed by atoms with Crippen molar-refractivity contribution in [2.45, 2.75) is 32.2 Å². The summed E-state index contributed by atoms with van der Waals surface area (Å²) in [6, 6.07) is 6.54. The Morgan fingerprint density at radius 1 is 1.52 bits per heavy atom. The molecule has 1 saturated heterocycles. The molecule has 1 aromatic rings. The Kier molecular flexibility index (Phi) is 5.27. The summed E-state index contributed by atoms with van der Waals surface area (Å²) in [5.74, 6) is 0.0340. The van der Waals surface area contributed by atoms with Crippen LogP contribution in [0.15, 0.2) is 24.3 Å². The molecule has 0 radical (unpaired) electrons. The topological polar surface area (TPSA) is 75.5 Å². The average Bonchev–Trinajstić information content (AvgIpc) is 2.49. The minimum atomic E-state index is -0.434. The molecule has 114 valence electrons. The van der Waals surface area contributed by atoms with Gasteiger partial charge in [0, 0.05) is 31.3 Å². The van der Waals surface area contributed by atoms with Gasteiger partial charge in [0.25, 0.3) is 5.69 Å². The number of nitrogens with zero attached hydrogens (tertiary/aromatic N) is 2. The number of benzene rings is 1. The zero-order valence-electron chi connectivity index (χ0n) is 12.2. The number of non-ortho nitro benzene ring substituents is 1. The minimum absolute atomic E-state index is 0.0303. The number of hydrogen-bond donors (Lipinski definition) is 1. The van der Waals surface area contributed by atoms with Gasteiger partial charge >= 0.3 is 0 Å². The van der Waals surface area contributed by atoms with Crippen molar-refractivity contribution in [2.24, 2.45) is 0 Å². The van der Waals surface area contributed by atoms with Crippen molar-refractivity contribution < 1.29 is 9.72 Å². The zero-order valence-corrected chi connectivity index (χ0v) is 12.2. The maximum Gasteiger partial charge on any atom is 0.269 e. The van der Waals surface area contributed by atoms with Gasteiger partial charge in [0.15, 0.2) is 0 Å². The van der Waals surface area contributed by atoms with Gasteiger partial charge in [-0.2, -0.15) is 0 Å². The maximum absolute atomic E-state index is 12.5. The number of nitro benzene ring substituents is 1. The molecule has 1 heterocycles. The fourth-order valence-electron chi connectivity index (χ4n) is 2.79. The van der Waals surface area contributed by atoms with Crippen LogP contribution < -0.4 is 5.32 Å². The van der Waals surface area contributed by atoms with E-state index in [4.69, 9.17) is 0 Å². The van der Waals surface area contributed by atoms with E-state index in [1.54, 1.807) is 12.1 Å². The Bertz CT molecular complexity index is 513. The summed E-state index contributed by atoms with van der Waals surface area (Å²) in [5.41, 5.74) is 0.721. The Labute approximate surface area is 124 Å². The second-order valence-corrected chi connectivity index (χ2v) is 5.28. The van der Waals surface area contributed by atoms with Crippen molar-refractivity contribution in [1.29, 1.82) is 0 Å². The smallest absolute Gasteiger partial charge is 0.269 e. The van der Waals surface area contributed by atoms with E-state index in [0.717, 1.165) is 25.9 Å². The number of hydrogen-bond acceptors (Lipinski definition) is 4. The first-order valence-electron chi connectivity index (χ1n) is 7.35. The second kappa shape index (κ2) is 7.17. The molecule has 1 fully saturated rings. The first kappa shape index (κ1) is 15.4. The van der Waals surface area contributed by atoms with Crippen molar-refractivity contribution in [3.8, 4) is 0 Å². The third-order valence-electron chi connectivity index (χ3n) is 3.85. The highest BCUT2D eigenvalue weighted by atomic mass is 16.6. The van der Waals surface area contributed by atoms with Crippen molar-refractivity contribution in [3.05, 3.63) is 39.9 Å². The number of piperidine rings is 1. The van der Waals surface area contributed by atoms with Gasteiger partial charge in [-0.15, -0.1) is 0 Å². The van der Waals surface area contributed by atoms with Crippen molar-refractivity contribution >= 4 is 11.6 Å². The molecule has 0 aromatic heterocycles. The molecule has 1 unspecified atom stereocenters. The molecule has 6 nitrogen and oxygen atoms in total. The summed E-state index contributed by atoms with van der Waals surface area (Å²) in [4.78, 5) is 24.7. The van der Waals surface area contributed by atoms with Gasteiger partial charge in [0.1, 0.15) is 0 Å². The normalized spacial score (nSPS) is 18.2. The summed E-state index contributed by atoms with van der Waals surface area (Å²) in [5, 5.41) is 14.1. The van der Waals surface area contributed by atoms with E-state index < -0.39 is 4.92 Å². The number of carbonyl (C=O) groups is 1. The van der Waals surface area contributed by atoms with Crippen LogP contribution in [-0.4, -0.2) is 41.4 Å². The standard InChI is InChI=1S/C15H21N3O3/c1-2-17(14-7-4-8-16-11-14)15(19)10-12-5-3-6-13(9-12)18(20)21/h3,5-6,9,14,16H,2,4,7-8,10-11H2,1H3. The van der Waals surface area contributed by atoms with E-state index in [2.05, 4.69) is 5.32 Å². The van der Waals surface area contributed by atoms with E-state index in [1.165, 1.54) is 12.1 Å². The molecular weight excluding hydrogens is 270 g/mol. The van der Waals surface area contributed by atoms with E-state index in [1.807, 2.05) is 11.8 Å². The average molecular weight is 291 g/mol. The van der Waals surface area contributed by atoms with Gasteiger partial charge in [0.05, 0.1) is 11.3 Å². The number of amides is 1. The molecule has 6 heteroatoms. The van der Waals surface area contributed by atoms with Crippen LogP contribution in [0, 0.1) is 10.1 Å². The van der Waals surface area contributed by atoms with Crippen LogP contribution in [0.1, 0.15) is 25.3 Å². The van der Waals surface area contributed by atoms with Crippen LogP contribution in [0.4, 0.5) is 5.69 Å². The molecule has 2 rings (SSSR count). The Morgan fingerprint density at radius 3 is 2.95 bits per heavy atom. The largest absolute Gasteiger partial charge is 0.338 e. The van der Waals surface area contributed by atoms with Crippen molar-refractivity contribution in [3.63, 3.8) is 0 Å². The van der Waals surface area contributed by atoms with Gasteiger partial charge in [0.2, 0.25) is 5.91 Å². The third kappa shape index (κ3) is 4.01. The molecule has 0 saturated carbocycles. The molecule has 21 heavy (non-hydrogen) atoms.